The summed E-state index contributed by atoms with van der Waals surface area (Å²) in [6.07, 6.45) is 2.19. The molecule has 0 aromatic heterocycles. The number of carbonyl (C=O) groups excluding carboxylic acids is 2. The molecule has 0 bridgehead atoms. The van der Waals surface area contributed by atoms with E-state index in [-0.39, 0.29) is 24.4 Å². The fraction of sp³-hybridized carbons (Fsp3) is 0.429. The summed E-state index contributed by atoms with van der Waals surface area (Å²) in [4.78, 5) is 23.7. The van der Waals surface area contributed by atoms with E-state index >= 15 is 0 Å². The van der Waals surface area contributed by atoms with Crippen LogP contribution < -0.4 is 16.4 Å². The molecule has 0 heterocycles. The summed E-state index contributed by atoms with van der Waals surface area (Å²) in [5.74, 6) is -0.144. The highest BCUT2D eigenvalue weighted by Gasteiger charge is 2.31. The first kappa shape index (κ1) is 16.1. The highest BCUT2D eigenvalue weighted by molar-refractivity contribution is 6.42. The van der Waals surface area contributed by atoms with Crippen molar-refractivity contribution in [2.24, 2.45) is 11.7 Å². The monoisotopic (exact) mass is 329 g/mol. The Hall–Kier alpha value is -1.30. The van der Waals surface area contributed by atoms with Crippen LogP contribution in [0.4, 0.5) is 0 Å². The summed E-state index contributed by atoms with van der Waals surface area (Å²) >= 11 is 11.6. The minimum atomic E-state index is -0.376. The largest absolute Gasteiger partial charge is 0.350 e. The fourth-order valence-corrected chi connectivity index (χ4v) is 2.32. The molecule has 0 radical (unpaired) electrons. The van der Waals surface area contributed by atoms with Gasteiger partial charge in [-0.2, -0.15) is 0 Å². The van der Waals surface area contributed by atoms with Gasteiger partial charge in [-0.25, -0.2) is 0 Å². The molecule has 1 saturated carbocycles. The van der Waals surface area contributed by atoms with Crippen LogP contribution in [0.15, 0.2) is 18.2 Å². The minimum Gasteiger partial charge on any atom is -0.350 e. The van der Waals surface area contributed by atoms with Gasteiger partial charge >= 0.3 is 0 Å². The SMILES string of the molecule is NCC(NC(=O)CNC(=O)c1ccc(Cl)c(Cl)c1)C1CC1. The lowest BCUT2D eigenvalue weighted by Crippen LogP contribution is -2.46. The third-order valence-corrected chi connectivity index (χ3v) is 4.12. The third kappa shape index (κ3) is 4.59. The second-order valence-corrected chi connectivity index (χ2v) is 5.87. The zero-order chi connectivity index (χ0) is 15.4. The van der Waals surface area contributed by atoms with Crippen LogP contribution in [0.3, 0.4) is 0 Å². The number of hydrogen-bond acceptors (Lipinski definition) is 3. The number of nitrogens with one attached hydrogen (secondary N) is 2. The molecule has 5 nitrogen and oxygen atoms in total. The Bertz CT molecular complexity index is 547. The maximum absolute atomic E-state index is 11.9. The number of halogens is 2. The summed E-state index contributed by atoms with van der Waals surface area (Å²) in [6, 6.07) is 4.55. The molecule has 1 unspecified atom stereocenters. The second-order valence-electron chi connectivity index (χ2n) is 5.06. The van der Waals surface area contributed by atoms with Gasteiger partial charge in [-0.15, -0.1) is 0 Å². The maximum atomic E-state index is 11.9. The van der Waals surface area contributed by atoms with Crippen LogP contribution >= 0.6 is 23.2 Å². The minimum absolute atomic E-state index is 0.000576. The first-order chi connectivity index (χ1) is 10.0. The molecule has 1 aromatic rings. The number of nitrogens with two attached hydrogens (primary N) is 1. The van der Waals surface area contributed by atoms with E-state index in [2.05, 4.69) is 10.6 Å². The Morgan fingerprint density at radius 1 is 1.29 bits per heavy atom. The predicted octanol–water partition coefficient (Wildman–Crippen LogP) is 1.58. The molecule has 1 aromatic carbocycles. The normalized spacial score (nSPS) is 15.4. The predicted molar refractivity (Wildman–Crippen MR) is 82.5 cm³/mol. The molecule has 114 valence electrons. The summed E-state index contributed by atoms with van der Waals surface area (Å²) in [5.41, 5.74) is 5.97. The Balaban J connectivity index is 1.82. The Labute approximate surface area is 133 Å². The number of hydrogen-bond donors (Lipinski definition) is 3. The van der Waals surface area contributed by atoms with E-state index in [1.54, 1.807) is 6.07 Å². The molecule has 0 spiro atoms. The third-order valence-electron chi connectivity index (χ3n) is 3.38. The smallest absolute Gasteiger partial charge is 0.251 e. The number of amides is 2. The topological polar surface area (TPSA) is 84.2 Å². The van der Waals surface area contributed by atoms with Crippen LogP contribution in [0.1, 0.15) is 23.2 Å². The molecule has 7 heteroatoms. The zero-order valence-corrected chi connectivity index (χ0v) is 12.9. The van der Waals surface area contributed by atoms with Crippen LogP contribution in [-0.2, 0) is 4.79 Å². The van der Waals surface area contributed by atoms with Crippen molar-refractivity contribution in [2.75, 3.05) is 13.1 Å². The standard InChI is InChI=1S/C14H17Cl2N3O2/c15-10-4-3-9(5-11(10)16)14(21)18-7-13(20)19-12(6-17)8-1-2-8/h3-5,8,12H,1-2,6-7,17H2,(H,18,21)(H,19,20). The molecule has 0 saturated heterocycles. The second kappa shape index (κ2) is 7.11. The van der Waals surface area contributed by atoms with Crippen LogP contribution in [0.5, 0.6) is 0 Å². The van der Waals surface area contributed by atoms with E-state index in [0.717, 1.165) is 12.8 Å². The number of rotatable bonds is 6. The summed E-state index contributed by atoms with van der Waals surface area (Å²) in [6.45, 7) is 0.319. The molecule has 0 aliphatic heterocycles. The van der Waals surface area contributed by atoms with Crippen molar-refractivity contribution < 1.29 is 9.59 Å². The van der Waals surface area contributed by atoms with E-state index < -0.39 is 0 Å². The molecule has 1 atom stereocenters. The molecule has 4 N–H and O–H groups in total. The van der Waals surface area contributed by atoms with Gasteiger partial charge in [0.2, 0.25) is 5.91 Å². The van der Waals surface area contributed by atoms with Crippen molar-refractivity contribution in [3.63, 3.8) is 0 Å². The Morgan fingerprint density at radius 2 is 2.00 bits per heavy atom. The number of carbonyl (C=O) groups is 2. The van der Waals surface area contributed by atoms with Crippen molar-refractivity contribution in [1.82, 2.24) is 10.6 Å². The average Bonchev–Trinajstić information content (AvgIpc) is 3.29. The Kier molecular flexibility index (Phi) is 5.45. The van der Waals surface area contributed by atoms with Gasteiger partial charge in [-0.05, 0) is 37.0 Å². The molecule has 2 amide bonds. The summed E-state index contributed by atoms with van der Waals surface area (Å²) < 4.78 is 0. The number of benzene rings is 1. The van der Waals surface area contributed by atoms with Crippen LogP contribution in [-0.4, -0.2) is 30.9 Å². The van der Waals surface area contributed by atoms with Crippen molar-refractivity contribution in [3.8, 4) is 0 Å². The first-order valence-electron chi connectivity index (χ1n) is 6.74. The molecule has 2 rings (SSSR count). The van der Waals surface area contributed by atoms with Gasteiger partial charge in [0.25, 0.3) is 5.91 Å². The van der Waals surface area contributed by atoms with E-state index in [4.69, 9.17) is 28.9 Å². The lowest BCUT2D eigenvalue weighted by atomic mass is 10.2. The maximum Gasteiger partial charge on any atom is 0.251 e. The van der Waals surface area contributed by atoms with E-state index in [1.807, 2.05) is 0 Å². The lowest BCUT2D eigenvalue weighted by molar-refractivity contribution is -0.120. The molecule has 21 heavy (non-hydrogen) atoms. The molecular weight excluding hydrogens is 313 g/mol. The zero-order valence-electron chi connectivity index (χ0n) is 11.4. The van der Waals surface area contributed by atoms with E-state index in [9.17, 15) is 9.59 Å². The summed E-state index contributed by atoms with van der Waals surface area (Å²) in [7, 11) is 0. The van der Waals surface area contributed by atoms with Gasteiger partial charge in [0.1, 0.15) is 0 Å². The van der Waals surface area contributed by atoms with Gasteiger partial charge in [-0.1, -0.05) is 23.2 Å². The van der Waals surface area contributed by atoms with Gasteiger partial charge < -0.3 is 16.4 Å². The molecule has 1 aliphatic carbocycles. The van der Waals surface area contributed by atoms with Crippen molar-refractivity contribution in [3.05, 3.63) is 33.8 Å². The van der Waals surface area contributed by atoms with Crippen molar-refractivity contribution in [2.45, 2.75) is 18.9 Å². The average molecular weight is 330 g/mol. The van der Waals surface area contributed by atoms with Gasteiger partial charge in [0.05, 0.1) is 16.6 Å². The van der Waals surface area contributed by atoms with Gasteiger partial charge in [0.15, 0.2) is 0 Å². The van der Waals surface area contributed by atoms with Gasteiger partial charge in [0, 0.05) is 18.2 Å². The van der Waals surface area contributed by atoms with E-state index in [1.165, 1.54) is 12.1 Å². The highest BCUT2D eigenvalue weighted by atomic mass is 35.5. The quantitative estimate of drug-likeness (QED) is 0.740. The summed E-state index contributed by atoms with van der Waals surface area (Å²) in [5, 5.41) is 6.04. The first-order valence-corrected chi connectivity index (χ1v) is 7.49. The van der Waals surface area contributed by atoms with Crippen LogP contribution in [0, 0.1) is 5.92 Å². The van der Waals surface area contributed by atoms with Crippen LogP contribution in [0.25, 0.3) is 0 Å². The van der Waals surface area contributed by atoms with Crippen molar-refractivity contribution >= 4 is 35.0 Å². The Morgan fingerprint density at radius 3 is 2.57 bits per heavy atom. The van der Waals surface area contributed by atoms with E-state index in [0.29, 0.717) is 28.1 Å². The van der Waals surface area contributed by atoms with Gasteiger partial charge in [-0.3, -0.25) is 9.59 Å². The molecule has 1 aliphatic rings. The molecular formula is C14H17Cl2N3O2. The molecule has 1 fully saturated rings. The van der Waals surface area contributed by atoms with Crippen LogP contribution in [0.2, 0.25) is 10.0 Å². The fourth-order valence-electron chi connectivity index (χ4n) is 2.03. The van der Waals surface area contributed by atoms with Crippen molar-refractivity contribution in [1.29, 1.82) is 0 Å². The highest BCUT2D eigenvalue weighted by Crippen LogP contribution is 2.32. The lowest BCUT2D eigenvalue weighted by Gasteiger charge is -2.16.